The molecule has 1 aromatic rings. The van der Waals surface area contributed by atoms with Crippen LogP contribution in [0.25, 0.3) is 0 Å². The predicted octanol–water partition coefficient (Wildman–Crippen LogP) is 1.17. The van der Waals surface area contributed by atoms with Gasteiger partial charge in [-0.1, -0.05) is 25.7 Å². The van der Waals surface area contributed by atoms with Crippen LogP contribution in [0.2, 0.25) is 0 Å². The van der Waals surface area contributed by atoms with Crippen LogP contribution >= 0.6 is 0 Å². The number of imidazole rings is 1. The number of aliphatic carboxylic acids is 1. The number of H-pyrrole nitrogens is 1. The number of carboxylic acids is 1. The first-order valence-corrected chi connectivity index (χ1v) is 8.13. The van der Waals surface area contributed by atoms with E-state index in [4.69, 9.17) is 0 Å². The SMILES string of the molecule is Cc1ncc(S(=O)(=O)NC2(C(=O)O)CCCCCC2)[nH]1. The molecule has 0 aliphatic heterocycles. The van der Waals surface area contributed by atoms with Crippen molar-refractivity contribution in [3.63, 3.8) is 0 Å². The van der Waals surface area contributed by atoms with Crippen molar-refractivity contribution in [2.45, 2.75) is 56.0 Å². The first-order chi connectivity index (χ1) is 9.36. The summed E-state index contributed by atoms with van der Waals surface area (Å²) in [5, 5.41) is 9.38. The average Bonchev–Trinajstić information content (AvgIpc) is 2.67. The fourth-order valence-corrected chi connectivity index (χ4v) is 3.93. The lowest BCUT2D eigenvalue weighted by atomic mass is 9.92. The van der Waals surface area contributed by atoms with Crippen molar-refractivity contribution in [2.24, 2.45) is 0 Å². The number of carboxylic acid groups (broad SMARTS) is 1. The van der Waals surface area contributed by atoms with E-state index in [0.29, 0.717) is 31.5 Å². The smallest absolute Gasteiger partial charge is 0.324 e. The first-order valence-electron chi connectivity index (χ1n) is 6.65. The van der Waals surface area contributed by atoms with Crippen molar-refractivity contribution in [1.82, 2.24) is 14.7 Å². The first kappa shape index (κ1) is 15.0. The third-order valence-corrected chi connectivity index (χ3v) is 5.11. The standard InChI is InChI=1S/C12H19N3O4S/c1-9-13-8-10(14-9)20(18,19)15-12(11(16)17)6-4-2-3-5-7-12/h8,15H,2-7H2,1H3,(H,13,14)(H,16,17). The van der Waals surface area contributed by atoms with E-state index in [-0.39, 0.29) is 5.03 Å². The van der Waals surface area contributed by atoms with Crippen LogP contribution in [0, 0.1) is 6.92 Å². The second-order valence-corrected chi connectivity index (χ2v) is 6.89. The summed E-state index contributed by atoms with van der Waals surface area (Å²) in [6, 6.07) is 0. The highest BCUT2D eigenvalue weighted by Crippen LogP contribution is 2.29. The van der Waals surface area contributed by atoms with Crippen molar-refractivity contribution in [1.29, 1.82) is 0 Å². The Bertz CT molecular complexity index is 586. The molecule has 0 aromatic carbocycles. The van der Waals surface area contributed by atoms with Gasteiger partial charge in [-0.3, -0.25) is 4.79 Å². The fraction of sp³-hybridized carbons (Fsp3) is 0.667. The summed E-state index contributed by atoms with van der Waals surface area (Å²) in [5.74, 6) is -0.644. The number of rotatable bonds is 4. The van der Waals surface area contributed by atoms with Gasteiger partial charge >= 0.3 is 5.97 Å². The number of nitrogens with zero attached hydrogens (tertiary/aromatic N) is 1. The molecule has 7 nitrogen and oxygen atoms in total. The Balaban J connectivity index is 2.30. The molecular weight excluding hydrogens is 282 g/mol. The number of aryl methyl sites for hydroxylation is 1. The minimum atomic E-state index is -3.91. The van der Waals surface area contributed by atoms with Gasteiger partial charge in [-0.15, -0.1) is 0 Å². The maximum Gasteiger partial charge on any atom is 0.324 e. The number of aromatic nitrogens is 2. The molecule has 0 amide bonds. The predicted molar refractivity (Wildman–Crippen MR) is 71.7 cm³/mol. The van der Waals surface area contributed by atoms with Crippen LogP contribution in [0.4, 0.5) is 0 Å². The molecule has 0 spiro atoms. The van der Waals surface area contributed by atoms with Crippen LogP contribution in [0.3, 0.4) is 0 Å². The van der Waals surface area contributed by atoms with Gasteiger partial charge in [-0.25, -0.2) is 13.4 Å². The highest BCUT2D eigenvalue weighted by Gasteiger charge is 2.42. The van der Waals surface area contributed by atoms with E-state index < -0.39 is 21.5 Å². The molecule has 0 saturated heterocycles. The highest BCUT2D eigenvalue weighted by molar-refractivity contribution is 7.89. The molecule has 20 heavy (non-hydrogen) atoms. The molecule has 0 unspecified atom stereocenters. The van der Waals surface area contributed by atoms with Gasteiger partial charge in [0.15, 0.2) is 5.03 Å². The Labute approximate surface area is 117 Å². The lowest BCUT2D eigenvalue weighted by molar-refractivity contribution is -0.144. The van der Waals surface area contributed by atoms with E-state index in [0.717, 1.165) is 12.8 Å². The summed E-state index contributed by atoms with van der Waals surface area (Å²) in [6.07, 6.45) is 5.10. The van der Waals surface area contributed by atoms with Crippen LogP contribution in [0.5, 0.6) is 0 Å². The Morgan fingerprint density at radius 3 is 2.40 bits per heavy atom. The third-order valence-electron chi connectivity index (χ3n) is 3.67. The lowest BCUT2D eigenvalue weighted by Gasteiger charge is -2.28. The van der Waals surface area contributed by atoms with Crippen molar-refractivity contribution >= 4 is 16.0 Å². The van der Waals surface area contributed by atoms with Gasteiger partial charge in [0, 0.05) is 0 Å². The number of nitrogens with one attached hydrogen (secondary N) is 2. The summed E-state index contributed by atoms with van der Waals surface area (Å²) in [7, 11) is -3.91. The average molecular weight is 301 g/mol. The van der Waals surface area contributed by atoms with Crippen LogP contribution in [-0.4, -0.2) is 35.0 Å². The minimum Gasteiger partial charge on any atom is -0.480 e. The Morgan fingerprint density at radius 1 is 1.35 bits per heavy atom. The molecule has 0 atom stereocenters. The normalized spacial score (nSPS) is 19.4. The zero-order valence-corrected chi connectivity index (χ0v) is 12.2. The van der Waals surface area contributed by atoms with E-state index in [1.54, 1.807) is 6.92 Å². The second-order valence-electron chi connectivity index (χ2n) is 5.24. The van der Waals surface area contributed by atoms with Crippen LogP contribution in [0.15, 0.2) is 11.2 Å². The zero-order chi connectivity index (χ0) is 14.8. The van der Waals surface area contributed by atoms with Crippen molar-refractivity contribution in [3.05, 3.63) is 12.0 Å². The highest BCUT2D eigenvalue weighted by atomic mass is 32.2. The van der Waals surface area contributed by atoms with Crippen LogP contribution in [0.1, 0.15) is 44.3 Å². The largest absolute Gasteiger partial charge is 0.480 e. The van der Waals surface area contributed by atoms with E-state index in [1.807, 2.05) is 0 Å². The molecule has 1 heterocycles. The lowest BCUT2D eigenvalue weighted by Crippen LogP contribution is -2.54. The maximum absolute atomic E-state index is 12.3. The molecule has 0 bridgehead atoms. The molecule has 1 aromatic heterocycles. The Kier molecular flexibility index (Phi) is 4.14. The molecule has 1 fully saturated rings. The Hall–Kier alpha value is -1.41. The van der Waals surface area contributed by atoms with Gasteiger partial charge in [0.25, 0.3) is 10.0 Å². The molecule has 2 rings (SSSR count). The molecule has 3 N–H and O–H groups in total. The number of carbonyl (C=O) groups is 1. The van der Waals surface area contributed by atoms with Gasteiger partial charge in [-0.05, 0) is 19.8 Å². The Morgan fingerprint density at radius 2 is 1.95 bits per heavy atom. The number of aromatic amines is 1. The van der Waals surface area contributed by atoms with E-state index >= 15 is 0 Å². The van der Waals surface area contributed by atoms with Crippen molar-refractivity contribution in [3.8, 4) is 0 Å². The number of hydrogen-bond donors (Lipinski definition) is 3. The van der Waals surface area contributed by atoms with Gasteiger partial charge in [0.2, 0.25) is 0 Å². The number of sulfonamides is 1. The topological polar surface area (TPSA) is 112 Å². The van der Waals surface area contributed by atoms with E-state index in [2.05, 4.69) is 14.7 Å². The monoisotopic (exact) mass is 301 g/mol. The molecule has 1 aliphatic carbocycles. The molecular formula is C12H19N3O4S. The molecule has 112 valence electrons. The second kappa shape index (κ2) is 5.53. The summed E-state index contributed by atoms with van der Waals surface area (Å²) in [5.41, 5.74) is -1.41. The molecule has 1 saturated carbocycles. The summed E-state index contributed by atoms with van der Waals surface area (Å²) >= 11 is 0. The van der Waals surface area contributed by atoms with Gasteiger partial charge in [0.1, 0.15) is 11.4 Å². The van der Waals surface area contributed by atoms with Crippen LogP contribution < -0.4 is 4.72 Å². The van der Waals surface area contributed by atoms with Crippen LogP contribution in [-0.2, 0) is 14.8 Å². The molecule has 8 heteroatoms. The van der Waals surface area contributed by atoms with Crippen molar-refractivity contribution < 1.29 is 18.3 Å². The van der Waals surface area contributed by atoms with Gasteiger partial charge < -0.3 is 10.1 Å². The quantitative estimate of drug-likeness (QED) is 0.723. The zero-order valence-electron chi connectivity index (χ0n) is 11.3. The number of hydrogen-bond acceptors (Lipinski definition) is 4. The maximum atomic E-state index is 12.3. The van der Waals surface area contributed by atoms with E-state index in [1.165, 1.54) is 6.20 Å². The summed E-state index contributed by atoms with van der Waals surface area (Å²) in [4.78, 5) is 18.1. The van der Waals surface area contributed by atoms with Gasteiger partial charge in [-0.2, -0.15) is 4.72 Å². The third kappa shape index (κ3) is 3.01. The van der Waals surface area contributed by atoms with E-state index in [9.17, 15) is 18.3 Å². The minimum absolute atomic E-state index is 0.0973. The fourth-order valence-electron chi connectivity index (χ4n) is 2.54. The summed E-state index contributed by atoms with van der Waals surface area (Å²) in [6.45, 7) is 1.64. The summed E-state index contributed by atoms with van der Waals surface area (Å²) < 4.78 is 27.0. The molecule has 1 aliphatic rings. The van der Waals surface area contributed by atoms with Crippen molar-refractivity contribution in [2.75, 3.05) is 0 Å². The molecule has 0 radical (unpaired) electrons. The van der Waals surface area contributed by atoms with Gasteiger partial charge in [0.05, 0.1) is 6.20 Å².